The minimum Gasteiger partial charge on any atom is -0.489 e. The van der Waals surface area contributed by atoms with E-state index in [0.29, 0.717) is 13.2 Å². The topological polar surface area (TPSA) is 21.3 Å². The fourth-order valence-electron chi connectivity index (χ4n) is 2.62. The number of hydrogen-bond acceptors (Lipinski definition) is 2. The lowest BCUT2D eigenvalue weighted by Crippen LogP contribution is -2.04. The molecule has 0 heterocycles. The van der Waals surface area contributed by atoms with Crippen molar-refractivity contribution in [2.24, 2.45) is 0 Å². The molecule has 3 aromatic carbocycles. The van der Waals surface area contributed by atoms with Gasteiger partial charge in [-0.15, -0.1) is 0 Å². The molecule has 0 aliphatic carbocycles. The fraction of sp³-hybridized carbons (Fsp3) is 0.182. The van der Waals surface area contributed by atoms with Crippen LogP contribution in [0.5, 0.6) is 5.75 Å². The highest BCUT2D eigenvalue weighted by atomic mass is 79.9. The van der Waals surface area contributed by atoms with Gasteiger partial charge in [0.1, 0.15) is 12.4 Å². The van der Waals surface area contributed by atoms with Crippen molar-refractivity contribution in [2.75, 3.05) is 5.32 Å². The first-order valence-corrected chi connectivity index (χ1v) is 10.1. The molecule has 0 unspecified atom stereocenters. The summed E-state index contributed by atoms with van der Waals surface area (Å²) in [5.74, 6) is 0.896. The summed E-state index contributed by atoms with van der Waals surface area (Å²) in [5.41, 5.74) is 5.97. The minimum absolute atomic E-state index is 0.547. The number of hydrogen-bond donors (Lipinski definition) is 1. The van der Waals surface area contributed by atoms with Crippen LogP contribution >= 0.6 is 31.9 Å². The molecule has 0 saturated carbocycles. The van der Waals surface area contributed by atoms with Crippen molar-refractivity contribution in [1.82, 2.24) is 0 Å². The number of halogens is 2. The Morgan fingerprint density at radius 3 is 2.27 bits per heavy atom. The second-order valence-corrected chi connectivity index (χ2v) is 8.15. The second kappa shape index (κ2) is 8.74. The van der Waals surface area contributed by atoms with Crippen molar-refractivity contribution in [1.29, 1.82) is 0 Å². The van der Waals surface area contributed by atoms with Crippen LogP contribution in [0.4, 0.5) is 5.69 Å². The van der Waals surface area contributed by atoms with Crippen molar-refractivity contribution in [3.05, 3.63) is 91.9 Å². The third kappa shape index (κ3) is 5.12. The molecule has 26 heavy (non-hydrogen) atoms. The van der Waals surface area contributed by atoms with E-state index >= 15 is 0 Å². The molecule has 4 heteroatoms. The molecule has 134 valence electrons. The maximum absolute atomic E-state index is 6.07. The zero-order chi connectivity index (χ0) is 18.5. The average Bonchev–Trinajstić information content (AvgIpc) is 2.63. The summed E-state index contributed by atoms with van der Waals surface area (Å²) in [6, 6.07) is 20.8. The lowest BCUT2D eigenvalue weighted by molar-refractivity contribution is 0.303. The third-order valence-electron chi connectivity index (χ3n) is 4.32. The summed E-state index contributed by atoms with van der Waals surface area (Å²) in [5, 5.41) is 3.50. The van der Waals surface area contributed by atoms with E-state index in [1.54, 1.807) is 0 Å². The van der Waals surface area contributed by atoms with Gasteiger partial charge in [0, 0.05) is 26.7 Å². The lowest BCUT2D eigenvalue weighted by atomic mass is 10.1. The maximum Gasteiger partial charge on any atom is 0.124 e. The number of nitrogens with one attached hydrogen (secondary N) is 1. The third-order valence-corrected chi connectivity index (χ3v) is 5.34. The number of rotatable bonds is 6. The van der Waals surface area contributed by atoms with Crippen LogP contribution < -0.4 is 10.1 Å². The Bertz CT molecular complexity index is 891. The molecule has 0 aliphatic rings. The minimum atomic E-state index is 0.547. The zero-order valence-electron chi connectivity index (χ0n) is 14.9. The highest BCUT2D eigenvalue weighted by Gasteiger charge is 2.06. The second-order valence-electron chi connectivity index (χ2n) is 6.32. The van der Waals surface area contributed by atoms with Gasteiger partial charge < -0.3 is 10.1 Å². The first kappa shape index (κ1) is 19.0. The van der Waals surface area contributed by atoms with Gasteiger partial charge in [0.2, 0.25) is 0 Å². The van der Waals surface area contributed by atoms with Gasteiger partial charge in [-0.25, -0.2) is 0 Å². The predicted octanol–water partition coefficient (Wildman–Crippen LogP) is 7.02. The van der Waals surface area contributed by atoms with Gasteiger partial charge in [0.05, 0.1) is 0 Å². The summed E-state index contributed by atoms with van der Waals surface area (Å²) in [4.78, 5) is 0. The van der Waals surface area contributed by atoms with Crippen LogP contribution in [0.2, 0.25) is 0 Å². The average molecular weight is 475 g/mol. The number of ether oxygens (including phenoxy) is 1. The Labute approximate surface area is 171 Å². The molecule has 3 aromatic rings. The van der Waals surface area contributed by atoms with Gasteiger partial charge in [-0.2, -0.15) is 0 Å². The quantitative estimate of drug-likeness (QED) is 0.414. The number of benzene rings is 3. The van der Waals surface area contributed by atoms with E-state index in [-0.39, 0.29) is 0 Å². The summed E-state index contributed by atoms with van der Waals surface area (Å²) in [6.45, 7) is 5.51. The van der Waals surface area contributed by atoms with Crippen molar-refractivity contribution in [3.8, 4) is 5.75 Å². The summed E-state index contributed by atoms with van der Waals surface area (Å²) >= 11 is 7.02. The molecule has 0 bridgehead atoms. The van der Waals surface area contributed by atoms with Crippen LogP contribution in [0.25, 0.3) is 0 Å². The van der Waals surface area contributed by atoms with E-state index in [1.165, 1.54) is 11.1 Å². The zero-order valence-corrected chi connectivity index (χ0v) is 18.0. The smallest absolute Gasteiger partial charge is 0.124 e. The van der Waals surface area contributed by atoms with Gasteiger partial charge in [-0.05, 0) is 73.0 Å². The molecule has 0 fully saturated rings. The molecular weight excluding hydrogens is 454 g/mol. The molecule has 1 N–H and O–H groups in total. The van der Waals surface area contributed by atoms with Crippen molar-refractivity contribution >= 4 is 37.5 Å². The molecule has 2 nitrogen and oxygen atoms in total. The van der Waals surface area contributed by atoms with E-state index in [0.717, 1.165) is 31.5 Å². The van der Waals surface area contributed by atoms with E-state index in [4.69, 9.17) is 4.74 Å². The van der Waals surface area contributed by atoms with Crippen molar-refractivity contribution in [2.45, 2.75) is 27.0 Å². The van der Waals surface area contributed by atoms with Crippen LogP contribution in [-0.4, -0.2) is 0 Å². The van der Waals surface area contributed by atoms with Gasteiger partial charge in [0.15, 0.2) is 0 Å². The number of aryl methyl sites for hydroxylation is 2. The Morgan fingerprint density at radius 1 is 0.808 bits per heavy atom. The molecule has 0 aliphatic heterocycles. The maximum atomic E-state index is 6.07. The fourth-order valence-corrected chi connectivity index (χ4v) is 3.29. The molecule has 0 radical (unpaired) electrons. The molecule has 3 rings (SSSR count). The van der Waals surface area contributed by atoms with E-state index in [9.17, 15) is 0 Å². The monoisotopic (exact) mass is 473 g/mol. The van der Waals surface area contributed by atoms with E-state index < -0.39 is 0 Å². The Balaban J connectivity index is 1.70. The molecule has 0 amide bonds. The molecule has 0 aromatic heterocycles. The first-order valence-electron chi connectivity index (χ1n) is 8.48. The standard InChI is InChI=1S/C22H21Br2NO/c1-15-3-9-21(11-16(15)2)25-13-18-12-20(24)8-10-22(18)26-14-17-4-6-19(23)7-5-17/h3-12,25H,13-14H2,1-2H3. The van der Waals surface area contributed by atoms with Gasteiger partial charge >= 0.3 is 0 Å². The van der Waals surface area contributed by atoms with E-state index in [2.05, 4.69) is 87.4 Å². The van der Waals surface area contributed by atoms with Crippen LogP contribution in [0.3, 0.4) is 0 Å². The summed E-state index contributed by atoms with van der Waals surface area (Å²) in [6.07, 6.45) is 0. The molecular formula is C22H21Br2NO. The van der Waals surface area contributed by atoms with Crippen molar-refractivity contribution < 1.29 is 4.74 Å². The van der Waals surface area contributed by atoms with Crippen molar-refractivity contribution in [3.63, 3.8) is 0 Å². The normalized spacial score (nSPS) is 10.6. The SMILES string of the molecule is Cc1ccc(NCc2cc(Br)ccc2OCc2ccc(Br)cc2)cc1C. The van der Waals surface area contributed by atoms with Crippen LogP contribution in [0, 0.1) is 13.8 Å². The van der Waals surface area contributed by atoms with Crippen LogP contribution in [0.15, 0.2) is 69.6 Å². The highest BCUT2D eigenvalue weighted by molar-refractivity contribution is 9.10. The Morgan fingerprint density at radius 2 is 1.54 bits per heavy atom. The largest absolute Gasteiger partial charge is 0.489 e. The molecule has 0 spiro atoms. The van der Waals surface area contributed by atoms with Crippen LogP contribution in [-0.2, 0) is 13.2 Å². The Kier molecular flexibility index (Phi) is 6.38. The summed E-state index contributed by atoms with van der Waals surface area (Å²) < 4.78 is 8.19. The Hall–Kier alpha value is -1.78. The number of anilines is 1. The van der Waals surface area contributed by atoms with Crippen LogP contribution in [0.1, 0.15) is 22.3 Å². The van der Waals surface area contributed by atoms with Gasteiger partial charge in [0.25, 0.3) is 0 Å². The highest BCUT2D eigenvalue weighted by Crippen LogP contribution is 2.26. The van der Waals surface area contributed by atoms with Gasteiger partial charge in [-0.1, -0.05) is 50.1 Å². The molecule has 0 saturated heterocycles. The lowest BCUT2D eigenvalue weighted by Gasteiger charge is -2.14. The van der Waals surface area contributed by atoms with Gasteiger partial charge in [-0.3, -0.25) is 0 Å². The molecule has 0 atom stereocenters. The predicted molar refractivity (Wildman–Crippen MR) is 116 cm³/mol. The first-order chi connectivity index (χ1) is 12.5. The summed E-state index contributed by atoms with van der Waals surface area (Å²) in [7, 11) is 0. The van der Waals surface area contributed by atoms with E-state index in [1.807, 2.05) is 24.3 Å².